The Morgan fingerprint density at radius 3 is 2.75 bits per heavy atom. The van der Waals surface area contributed by atoms with E-state index in [1.54, 1.807) is 30.0 Å². The van der Waals surface area contributed by atoms with Gasteiger partial charge in [-0.1, -0.05) is 5.16 Å². The van der Waals surface area contributed by atoms with Gasteiger partial charge in [-0.25, -0.2) is 0 Å². The van der Waals surface area contributed by atoms with Gasteiger partial charge in [-0.05, 0) is 38.0 Å². The molecule has 9 heteroatoms. The number of aryl methyl sites for hydroxylation is 1. The molecule has 9 nitrogen and oxygen atoms in total. The summed E-state index contributed by atoms with van der Waals surface area (Å²) in [6.45, 7) is 2.84. The second-order valence-electron chi connectivity index (χ2n) is 6.61. The van der Waals surface area contributed by atoms with Crippen LogP contribution in [0.25, 0.3) is 0 Å². The molecule has 1 atom stereocenters. The Morgan fingerprint density at radius 1 is 1.29 bits per heavy atom. The topological polar surface area (TPSA) is 107 Å². The van der Waals surface area contributed by atoms with E-state index in [1.807, 2.05) is 0 Å². The zero-order valence-electron chi connectivity index (χ0n) is 16.2. The molecule has 0 bridgehead atoms. The number of aromatic nitrogens is 2. The Balaban J connectivity index is 1.56. The van der Waals surface area contributed by atoms with Crippen molar-refractivity contribution in [2.75, 3.05) is 33.9 Å². The fraction of sp³-hybridized carbons (Fsp3) is 0.474. The number of methoxy groups -OCH3 is 2. The summed E-state index contributed by atoms with van der Waals surface area (Å²) < 4.78 is 15.6. The van der Waals surface area contributed by atoms with E-state index in [-0.39, 0.29) is 24.3 Å². The van der Waals surface area contributed by atoms with Gasteiger partial charge in [-0.2, -0.15) is 4.98 Å². The number of hydrogen-bond donors (Lipinski definition) is 1. The first-order valence-electron chi connectivity index (χ1n) is 9.10. The van der Waals surface area contributed by atoms with Gasteiger partial charge in [0.15, 0.2) is 17.3 Å². The summed E-state index contributed by atoms with van der Waals surface area (Å²) in [4.78, 5) is 30.9. The van der Waals surface area contributed by atoms with Crippen LogP contribution in [0.5, 0.6) is 11.5 Å². The summed E-state index contributed by atoms with van der Waals surface area (Å²) in [7, 11) is 3.03. The van der Waals surface area contributed by atoms with Gasteiger partial charge in [0.2, 0.25) is 11.8 Å². The third kappa shape index (κ3) is 4.41. The minimum Gasteiger partial charge on any atom is -0.493 e. The van der Waals surface area contributed by atoms with Crippen LogP contribution in [0, 0.1) is 6.92 Å². The molecule has 1 unspecified atom stereocenters. The second-order valence-corrected chi connectivity index (χ2v) is 6.61. The minimum atomic E-state index is -0.351. The molecule has 1 aromatic heterocycles. The third-order valence-corrected chi connectivity index (χ3v) is 4.71. The molecule has 1 aliphatic heterocycles. The average molecular weight is 388 g/mol. The van der Waals surface area contributed by atoms with Crippen molar-refractivity contribution in [3.63, 3.8) is 0 Å². The number of benzene rings is 1. The van der Waals surface area contributed by atoms with Crippen molar-refractivity contribution < 1.29 is 23.6 Å². The molecule has 2 heterocycles. The molecule has 2 amide bonds. The van der Waals surface area contributed by atoms with Gasteiger partial charge in [-0.15, -0.1) is 0 Å². The van der Waals surface area contributed by atoms with E-state index in [4.69, 9.17) is 14.0 Å². The predicted octanol–water partition coefficient (Wildman–Crippen LogP) is 1.53. The van der Waals surface area contributed by atoms with Crippen molar-refractivity contribution in [3.8, 4) is 11.5 Å². The summed E-state index contributed by atoms with van der Waals surface area (Å²) >= 11 is 0. The number of likely N-dealkylation sites (tertiary alicyclic amines) is 1. The SMILES string of the molecule is COc1ccc(C(=O)NCC(=O)N2CCCC(c3nc(C)no3)C2)cc1OC. The van der Waals surface area contributed by atoms with E-state index in [9.17, 15) is 9.59 Å². The van der Waals surface area contributed by atoms with Crippen molar-refractivity contribution >= 4 is 11.8 Å². The Kier molecular flexibility index (Phi) is 6.13. The Morgan fingerprint density at radius 2 is 2.07 bits per heavy atom. The molecule has 1 aromatic carbocycles. The van der Waals surface area contributed by atoms with Gasteiger partial charge in [0.1, 0.15) is 0 Å². The molecule has 3 rings (SSSR count). The lowest BCUT2D eigenvalue weighted by Gasteiger charge is -2.31. The molecular formula is C19H24N4O5. The number of carbonyl (C=O) groups excluding carboxylic acids is 2. The lowest BCUT2D eigenvalue weighted by molar-refractivity contribution is -0.131. The normalized spacial score (nSPS) is 16.5. The van der Waals surface area contributed by atoms with Crippen LogP contribution in [0.3, 0.4) is 0 Å². The monoisotopic (exact) mass is 388 g/mol. The van der Waals surface area contributed by atoms with E-state index in [0.29, 0.717) is 41.9 Å². The summed E-state index contributed by atoms with van der Waals surface area (Å²) in [5, 5.41) is 6.48. The van der Waals surface area contributed by atoms with Gasteiger partial charge in [-0.3, -0.25) is 9.59 Å². The summed E-state index contributed by atoms with van der Waals surface area (Å²) in [5.74, 6) is 1.66. The molecule has 0 aliphatic carbocycles. The number of nitrogens with one attached hydrogen (secondary N) is 1. The van der Waals surface area contributed by atoms with Crippen LogP contribution in [0.2, 0.25) is 0 Å². The van der Waals surface area contributed by atoms with Crippen LogP contribution >= 0.6 is 0 Å². The maximum absolute atomic E-state index is 12.5. The molecule has 28 heavy (non-hydrogen) atoms. The van der Waals surface area contributed by atoms with Gasteiger partial charge >= 0.3 is 0 Å². The van der Waals surface area contributed by atoms with Crippen molar-refractivity contribution in [2.45, 2.75) is 25.7 Å². The highest BCUT2D eigenvalue weighted by molar-refractivity contribution is 5.97. The Bertz CT molecular complexity index is 851. The van der Waals surface area contributed by atoms with Crippen molar-refractivity contribution in [1.82, 2.24) is 20.4 Å². The quantitative estimate of drug-likeness (QED) is 0.800. The average Bonchev–Trinajstić information content (AvgIpc) is 3.17. The van der Waals surface area contributed by atoms with Crippen LogP contribution in [0.1, 0.15) is 40.8 Å². The lowest BCUT2D eigenvalue weighted by atomic mass is 9.98. The first-order valence-corrected chi connectivity index (χ1v) is 9.10. The van der Waals surface area contributed by atoms with Crippen LogP contribution in [0.4, 0.5) is 0 Å². The molecule has 1 N–H and O–H groups in total. The Hall–Kier alpha value is -3.10. The largest absolute Gasteiger partial charge is 0.493 e. The smallest absolute Gasteiger partial charge is 0.251 e. The second kappa shape index (κ2) is 8.73. The van der Waals surface area contributed by atoms with Gasteiger partial charge in [0.25, 0.3) is 5.91 Å². The van der Waals surface area contributed by atoms with E-state index in [2.05, 4.69) is 15.5 Å². The summed E-state index contributed by atoms with van der Waals surface area (Å²) in [5.41, 5.74) is 0.392. The predicted molar refractivity (Wildman–Crippen MR) is 99.5 cm³/mol. The molecular weight excluding hydrogens is 364 g/mol. The zero-order valence-corrected chi connectivity index (χ0v) is 16.2. The summed E-state index contributed by atoms with van der Waals surface area (Å²) in [6.07, 6.45) is 1.74. The zero-order chi connectivity index (χ0) is 20.1. The molecule has 0 saturated carbocycles. The molecule has 0 spiro atoms. The lowest BCUT2D eigenvalue weighted by Crippen LogP contribution is -2.44. The highest BCUT2D eigenvalue weighted by Crippen LogP contribution is 2.28. The van der Waals surface area contributed by atoms with Crippen LogP contribution in [0.15, 0.2) is 22.7 Å². The number of rotatable bonds is 6. The molecule has 1 saturated heterocycles. The highest BCUT2D eigenvalue weighted by atomic mass is 16.5. The first kappa shape index (κ1) is 19.7. The van der Waals surface area contributed by atoms with Crippen LogP contribution in [-0.2, 0) is 4.79 Å². The molecule has 2 aromatic rings. The van der Waals surface area contributed by atoms with E-state index in [1.165, 1.54) is 14.2 Å². The maximum atomic E-state index is 12.5. The molecule has 1 fully saturated rings. The number of piperidine rings is 1. The van der Waals surface area contributed by atoms with Gasteiger partial charge in [0.05, 0.1) is 26.7 Å². The molecule has 1 aliphatic rings. The summed E-state index contributed by atoms with van der Waals surface area (Å²) in [6, 6.07) is 4.85. The van der Waals surface area contributed by atoms with E-state index >= 15 is 0 Å². The minimum absolute atomic E-state index is 0.0282. The maximum Gasteiger partial charge on any atom is 0.251 e. The van der Waals surface area contributed by atoms with Crippen molar-refractivity contribution in [2.24, 2.45) is 0 Å². The molecule has 0 radical (unpaired) electrons. The van der Waals surface area contributed by atoms with Gasteiger partial charge in [0, 0.05) is 18.7 Å². The van der Waals surface area contributed by atoms with E-state index in [0.717, 1.165) is 12.8 Å². The van der Waals surface area contributed by atoms with Crippen LogP contribution < -0.4 is 14.8 Å². The number of amides is 2. The van der Waals surface area contributed by atoms with Crippen molar-refractivity contribution in [1.29, 1.82) is 0 Å². The molecule has 150 valence electrons. The first-order chi connectivity index (χ1) is 13.5. The number of nitrogens with zero attached hydrogens (tertiary/aromatic N) is 3. The van der Waals surface area contributed by atoms with Gasteiger partial charge < -0.3 is 24.2 Å². The fourth-order valence-electron chi connectivity index (χ4n) is 3.23. The highest BCUT2D eigenvalue weighted by Gasteiger charge is 2.28. The van der Waals surface area contributed by atoms with Crippen molar-refractivity contribution in [3.05, 3.63) is 35.5 Å². The van der Waals surface area contributed by atoms with Crippen LogP contribution in [-0.4, -0.2) is 60.7 Å². The number of ether oxygens (including phenoxy) is 2. The Labute approximate surface area is 163 Å². The van der Waals surface area contributed by atoms with E-state index < -0.39 is 0 Å². The number of hydrogen-bond acceptors (Lipinski definition) is 7. The third-order valence-electron chi connectivity index (χ3n) is 4.71. The fourth-order valence-corrected chi connectivity index (χ4v) is 3.23. The number of carbonyl (C=O) groups is 2. The standard InChI is InChI=1S/C19H24N4O5/c1-12-21-19(28-22-12)14-5-4-8-23(11-14)17(24)10-20-18(25)13-6-7-15(26-2)16(9-13)27-3/h6-7,9,14H,4-5,8,10-11H2,1-3H3,(H,20,25).